The van der Waals surface area contributed by atoms with E-state index >= 15 is 0 Å². The van der Waals surface area contributed by atoms with Crippen molar-refractivity contribution in [2.75, 3.05) is 0 Å². The van der Waals surface area contributed by atoms with Crippen molar-refractivity contribution < 1.29 is 45.8 Å². The normalized spacial score (nSPS) is 22.3. The van der Waals surface area contributed by atoms with Crippen LogP contribution in [0, 0.1) is 0 Å². The molecule has 0 heterocycles. The van der Waals surface area contributed by atoms with Crippen molar-refractivity contribution in [2.45, 2.75) is 58.7 Å². The fourth-order valence-electron chi connectivity index (χ4n) is 6.45. The molecule has 0 aliphatic heterocycles. The van der Waals surface area contributed by atoms with E-state index < -0.39 is 21.0 Å². The zero-order chi connectivity index (χ0) is 21.3. The molecule has 34 heavy (non-hydrogen) atoms. The Hall–Kier alpha value is -1.28. The van der Waals surface area contributed by atoms with Crippen LogP contribution >= 0.6 is 0 Å². The molecule has 0 saturated carbocycles. The van der Waals surface area contributed by atoms with Gasteiger partial charge in [0.25, 0.3) is 0 Å². The quantitative estimate of drug-likeness (QED) is 0.445. The van der Waals surface area contributed by atoms with Crippen molar-refractivity contribution in [1.82, 2.24) is 0 Å². The molecule has 6 rings (SSSR count). The van der Waals surface area contributed by atoms with Gasteiger partial charge in [0.2, 0.25) is 0 Å². The van der Waals surface area contributed by atoms with Gasteiger partial charge in [-0.15, -0.1) is 0 Å². The van der Waals surface area contributed by atoms with Gasteiger partial charge in [0, 0.05) is 0 Å². The Morgan fingerprint density at radius 2 is 0.971 bits per heavy atom. The molecule has 0 spiro atoms. The Balaban J connectivity index is 0.00000137. The fourth-order valence-corrected chi connectivity index (χ4v) is 20.9. The van der Waals surface area contributed by atoms with Gasteiger partial charge < -0.3 is 24.8 Å². The second-order valence-electron chi connectivity index (χ2n) is 9.75. The first-order valence-corrected chi connectivity index (χ1v) is 18.5. The van der Waals surface area contributed by atoms with Crippen LogP contribution < -0.4 is 24.8 Å². The molecule has 2 atom stereocenters. The third-order valence-corrected chi connectivity index (χ3v) is 20.8. The minimum absolute atomic E-state index is 0. The van der Waals surface area contributed by atoms with Crippen LogP contribution in [0.1, 0.15) is 62.5 Å². The van der Waals surface area contributed by atoms with E-state index in [2.05, 4.69) is 85.0 Å². The number of halogens is 2. The van der Waals surface area contributed by atoms with Crippen LogP contribution in [-0.2, 0) is 21.0 Å². The standard InChI is InChI=1S/C13H10.2C9H11.2ClH.Hf/c1-3-7-12(8-4-1)11-13-9-5-2-6-10-13;2*1-2-5-9-7-3-6-8(9)4-1;;;/h1-10H;2*3,6-7H,1-2,4-5H2;2*1H;/q;;;;;+2/p-2. The van der Waals surface area contributed by atoms with E-state index in [1.54, 1.807) is 14.4 Å². The molecule has 0 nitrogen and oxygen atoms in total. The van der Waals surface area contributed by atoms with Crippen molar-refractivity contribution in [3.63, 3.8) is 0 Å². The van der Waals surface area contributed by atoms with E-state index in [0.29, 0.717) is 0 Å². The maximum absolute atomic E-state index is 2.67. The predicted molar refractivity (Wildman–Crippen MR) is 133 cm³/mol. The van der Waals surface area contributed by atoms with E-state index in [4.69, 9.17) is 0 Å². The van der Waals surface area contributed by atoms with Gasteiger partial charge in [-0.05, 0) is 0 Å². The summed E-state index contributed by atoms with van der Waals surface area (Å²) in [6, 6.07) is 22.9. The van der Waals surface area contributed by atoms with Crippen LogP contribution in [0.5, 0.6) is 0 Å². The molecule has 2 aromatic carbocycles. The molecule has 0 aromatic heterocycles. The molecule has 0 amide bonds. The summed E-state index contributed by atoms with van der Waals surface area (Å²) in [6.07, 6.45) is 21.2. The summed E-state index contributed by atoms with van der Waals surface area (Å²) >= 11 is -2.50. The average molecular weight is 654 g/mol. The van der Waals surface area contributed by atoms with Crippen molar-refractivity contribution in [2.24, 2.45) is 0 Å². The van der Waals surface area contributed by atoms with Crippen LogP contribution in [0.4, 0.5) is 0 Å². The van der Waals surface area contributed by atoms with Gasteiger partial charge in [-0.25, -0.2) is 0 Å². The SMILES string of the molecule is C1=C[CH]([Hf+2](=[C](c2ccccc2)c2ccccc2)[CH]2C=CC3=C2CCCC3)C2=C1CCCC2.[Cl-].[Cl-]. The van der Waals surface area contributed by atoms with Gasteiger partial charge in [0.15, 0.2) is 0 Å². The second-order valence-corrected chi connectivity index (χ2v) is 19.3. The summed E-state index contributed by atoms with van der Waals surface area (Å²) in [7, 11) is 0. The van der Waals surface area contributed by atoms with Gasteiger partial charge in [0.1, 0.15) is 0 Å². The molecule has 2 unspecified atom stereocenters. The monoisotopic (exact) mass is 654 g/mol. The summed E-state index contributed by atoms with van der Waals surface area (Å²) in [4.78, 5) is 0. The number of rotatable bonds is 4. The van der Waals surface area contributed by atoms with Crippen LogP contribution in [0.3, 0.4) is 0 Å². The summed E-state index contributed by atoms with van der Waals surface area (Å²) < 4.78 is 3.21. The summed E-state index contributed by atoms with van der Waals surface area (Å²) in [5.74, 6) is 0. The first kappa shape index (κ1) is 25.8. The average Bonchev–Trinajstić information content (AvgIpc) is 3.48. The van der Waals surface area contributed by atoms with Crippen molar-refractivity contribution >= 4 is 3.26 Å². The van der Waals surface area contributed by atoms with Gasteiger partial charge in [-0.1, -0.05) is 0 Å². The molecule has 0 bridgehead atoms. The van der Waals surface area contributed by atoms with Crippen LogP contribution in [-0.4, -0.2) is 3.26 Å². The number of hydrogen-bond donors (Lipinski definition) is 0. The summed E-state index contributed by atoms with van der Waals surface area (Å²) in [5.41, 5.74) is 10.0. The zero-order valence-electron chi connectivity index (χ0n) is 19.7. The topological polar surface area (TPSA) is 0 Å². The van der Waals surface area contributed by atoms with E-state index in [0.717, 1.165) is 7.35 Å². The molecule has 2 aromatic rings. The van der Waals surface area contributed by atoms with E-state index in [9.17, 15) is 0 Å². The van der Waals surface area contributed by atoms with E-state index in [-0.39, 0.29) is 24.8 Å². The van der Waals surface area contributed by atoms with Gasteiger partial charge in [-0.2, -0.15) is 0 Å². The van der Waals surface area contributed by atoms with Crippen LogP contribution in [0.25, 0.3) is 0 Å². The first-order chi connectivity index (χ1) is 15.9. The number of hydrogen-bond acceptors (Lipinski definition) is 0. The first-order valence-electron chi connectivity index (χ1n) is 12.6. The molecular formula is C31H32Cl2Hf. The molecule has 0 radical (unpaired) electrons. The van der Waals surface area contributed by atoms with Crippen LogP contribution in [0.15, 0.2) is 107 Å². The van der Waals surface area contributed by atoms with Crippen molar-refractivity contribution in [3.05, 3.63) is 118 Å². The van der Waals surface area contributed by atoms with E-state index in [1.807, 2.05) is 11.1 Å². The molecule has 0 saturated heterocycles. The third-order valence-electron chi connectivity index (χ3n) is 7.92. The smallest absolute Gasteiger partial charge is 1.00 e. The maximum Gasteiger partial charge on any atom is -1.00 e. The third kappa shape index (κ3) is 4.86. The number of benzene rings is 2. The molecule has 4 aliphatic carbocycles. The van der Waals surface area contributed by atoms with Gasteiger partial charge in [0.05, 0.1) is 0 Å². The molecule has 0 N–H and O–H groups in total. The number of allylic oxidation sites excluding steroid dienone is 8. The van der Waals surface area contributed by atoms with Crippen molar-refractivity contribution in [3.8, 4) is 0 Å². The Morgan fingerprint density at radius 1 is 0.559 bits per heavy atom. The summed E-state index contributed by atoms with van der Waals surface area (Å²) in [6.45, 7) is 0. The Morgan fingerprint density at radius 3 is 1.41 bits per heavy atom. The van der Waals surface area contributed by atoms with E-state index in [1.165, 1.54) is 62.5 Å². The molecule has 3 heteroatoms. The molecule has 0 fully saturated rings. The minimum atomic E-state index is -2.50. The van der Waals surface area contributed by atoms with Crippen LogP contribution in [0.2, 0.25) is 7.35 Å². The molecule has 4 aliphatic rings. The maximum atomic E-state index is 2.67. The Labute approximate surface area is 224 Å². The predicted octanol–water partition coefficient (Wildman–Crippen LogP) is 2.34. The summed E-state index contributed by atoms with van der Waals surface area (Å²) in [5, 5.41) is 0. The minimum Gasteiger partial charge on any atom is -1.00 e. The largest absolute Gasteiger partial charge is 1.00 e. The second kappa shape index (κ2) is 11.6. The molecular weight excluding hydrogens is 622 g/mol. The Bertz CT molecular complexity index is 1080. The van der Waals surface area contributed by atoms with Gasteiger partial charge >= 0.3 is 201 Å². The van der Waals surface area contributed by atoms with Crippen molar-refractivity contribution in [1.29, 1.82) is 0 Å². The Kier molecular flexibility index (Phi) is 8.83. The fraction of sp³-hybridized carbons (Fsp3) is 0.323. The van der Waals surface area contributed by atoms with Gasteiger partial charge in [-0.3, -0.25) is 0 Å². The zero-order valence-corrected chi connectivity index (χ0v) is 24.8. The molecule has 174 valence electrons.